The molecule has 120 valence electrons. The monoisotopic (exact) mass is 337 g/mol. The summed E-state index contributed by atoms with van der Waals surface area (Å²) in [6, 6.07) is 9.96. The van der Waals surface area contributed by atoms with Gasteiger partial charge in [0, 0.05) is 18.3 Å². The van der Waals surface area contributed by atoms with E-state index >= 15 is 0 Å². The zero-order valence-corrected chi connectivity index (χ0v) is 13.7. The Balaban J connectivity index is 1.80. The molecule has 1 aromatic carbocycles. The van der Waals surface area contributed by atoms with E-state index in [4.69, 9.17) is 14.5 Å². The number of rotatable bonds is 5. The normalized spacial score (nSPS) is 12.2. The Hall–Kier alpha value is -2.86. The van der Waals surface area contributed by atoms with Crippen LogP contribution in [-0.2, 0) is 0 Å². The van der Waals surface area contributed by atoms with Crippen molar-refractivity contribution in [3.63, 3.8) is 0 Å². The zero-order valence-electron chi connectivity index (χ0n) is 12.9. The van der Waals surface area contributed by atoms with E-state index in [2.05, 4.69) is 22.9 Å². The molecule has 6 heteroatoms. The first kappa shape index (κ1) is 14.7. The second-order valence-electron chi connectivity index (χ2n) is 5.17. The van der Waals surface area contributed by atoms with E-state index in [1.807, 2.05) is 35.8 Å². The fourth-order valence-corrected chi connectivity index (χ4v) is 3.24. The van der Waals surface area contributed by atoms with Gasteiger partial charge in [0.25, 0.3) is 0 Å². The summed E-state index contributed by atoms with van der Waals surface area (Å²) in [6.45, 7) is 4.58. The maximum absolute atomic E-state index is 5.48. The van der Waals surface area contributed by atoms with Gasteiger partial charge in [0.15, 0.2) is 11.5 Å². The first-order valence-electron chi connectivity index (χ1n) is 7.51. The van der Waals surface area contributed by atoms with Crippen LogP contribution < -0.4 is 14.8 Å². The molecule has 1 aliphatic rings. The summed E-state index contributed by atoms with van der Waals surface area (Å²) in [4.78, 5) is 10.2. The highest BCUT2D eigenvalue weighted by atomic mass is 32.1. The van der Waals surface area contributed by atoms with Gasteiger partial charge in [-0.2, -0.15) is 0 Å². The van der Waals surface area contributed by atoms with Crippen molar-refractivity contribution >= 4 is 17.3 Å². The highest BCUT2D eigenvalue weighted by Gasteiger charge is 2.17. The molecule has 0 saturated carbocycles. The van der Waals surface area contributed by atoms with Crippen LogP contribution in [0.1, 0.15) is 0 Å². The molecule has 0 aliphatic carbocycles. The van der Waals surface area contributed by atoms with Crippen molar-refractivity contribution in [2.24, 2.45) is 0 Å². The van der Waals surface area contributed by atoms with Gasteiger partial charge in [-0.15, -0.1) is 17.9 Å². The van der Waals surface area contributed by atoms with Gasteiger partial charge in [0.2, 0.25) is 12.7 Å². The van der Waals surface area contributed by atoms with Crippen molar-refractivity contribution in [2.45, 2.75) is 0 Å². The van der Waals surface area contributed by atoms with Crippen LogP contribution in [0.15, 0.2) is 54.6 Å². The topological polar surface area (TPSA) is 56.3 Å². The minimum absolute atomic E-state index is 0.261. The van der Waals surface area contributed by atoms with E-state index in [1.165, 1.54) is 0 Å². The molecule has 4 rings (SSSR count). The lowest BCUT2D eigenvalue weighted by molar-refractivity contribution is 0.174. The molecule has 24 heavy (non-hydrogen) atoms. The Morgan fingerprint density at radius 2 is 2.17 bits per heavy atom. The van der Waals surface area contributed by atoms with Gasteiger partial charge >= 0.3 is 0 Å². The number of hydrogen-bond acceptors (Lipinski definition) is 6. The summed E-state index contributed by atoms with van der Waals surface area (Å²) >= 11 is 1.65. The predicted molar refractivity (Wildman–Crippen MR) is 95.6 cm³/mol. The maximum atomic E-state index is 5.48. The fourth-order valence-electron chi connectivity index (χ4n) is 2.51. The summed E-state index contributed by atoms with van der Waals surface area (Å²) in [5.41, 5.74) is 2.85. The average Bonchev–Trinajstić information content (AvgIpc) is 3.30. The Kier molecular flexibility index (Phi) is 3.88. The van der Waals surface area contributed by atoms with Gasteiger partial charge < -0.3 is 14.8 Å². The first-order chi connectivity index (χ1) is 11.8. The van der Waals surface area contributed by atoms with Crippen LogP contribution in [0.4, 0.5) is 5.95 Å². The number of nitrogens with zero attached hydrogens (tertiary/aromatic N) is 2. The van der Waals surface area contributed by atoms with Crippen molar-refractivity contribution in [1.29, 1.82) is 0 Å². The highest BCUT2D eigenvalue weighted by molar-refractivity contribution is 7.13. The summed E-state index contributed by atoms with van der Waals surface area (Å²) in [6.07, 6.45) is 3.62. The van der Waals surface area contributed by atoms with Crippen LogP contribution >= 0.6 is 11.3 Å². The molecule has 0 spiro atoms. The summed E-state index contributed by atoms with van der Waals surface area (Å²) in [5.74, 6) is 2.10. The third kappa shape index (κ3) is 2.72. The molecule has 0 unspecified atom stereocenters. The van der Waals surface area contributed by atoms with Crippen LogP contribution in [0, 0.1) is 0 Å². The lowest BCUT2D eigenvalue weighted by Gasteiger charge is -2.10. The summed E-state index contributed by atoms with van der Waals surface area (Å²) < 4.78 is 10.9. The van der Waals surface area contributed by atoms with Crippen molar-refractivity contribution in [3.05, 3.63) is 54.6 Å². The third-order valence-corrected chi connectivity index (χ3v) is 4.51. The van der Waals surface area contributed by atoms with E-state index in [0.29, 0.717) is 12.5 Å². The molecule has 2 aromatic heterocycles. The number of fused-ring (bicyclic) bond motifs is 1. The van der Waals surface area contributed by atoms with Crippen molar-refractivity contribution in [1.82, 2.24) is 9.97 Å². The number of ether oxygens (including phenoxy) is 2. The zero-order chi connectivity index (χ0) is 16.4. The maximum Gasteiger partial charge on any atom is 0.231 e. The van der Waals surface area contributed by atoms with Crippen LogP contribution in [0.3, 0.4) is 0 Å². The predicted octanol–water partition coefficient (Wildman–Crippen LogP) is 4.20. The number of benzene rings is 1. The van der Waals surface area contributed by atoms with Crippen LogP contribution in [0.2, 0.25) is 0 Å². The quantitative estimate of drug-likeness (QED) is 0.707. The Labute approximate surface area is 143 Å². The molecule has 0 saturated heterocycles. The van der Waals surface area contributed by atoms with Crippen LogP contribution in [0.25, 0.3) is 21.7 Å². The molecule has 3 heterocycles. The Morgan fingerprint density at radius 3 is 3.00 bits per heavy atom. The molecule has 0 atom stereocenters. The number of nitrogens with one attached hydrogen (secondary N) is 1. The Bertz CT molecular complexity index is 878. The average molecular weight is 337 g/mol. The minimum Gasteiger partial charge on any atom is -0.454 e. The van der Waals surface area contributed by atoms with Crippen molar-refractivity contribution < 1.29 is 9.47 Å². The Morgan fingerprint density at radius 1 is 1.25 bits per heavy atom. The number of aromatic nitrogens is 2. The van der Waals surface area contributed by atoms with Gasteiger partial charge in [-0.1, -0.05) is 18.2 Å². The number of hydrogen-bond donors (Lipinski definition) is 1. The first-order valence-corrected chi connectivity index (χ1v) is 8.39. The van der Waals surface area contributed by atoms with E-state index in [1.54, 1.807) is 17.4 Å². The molecule has 0 fully saturated rings. The van der Waals surface area contributed by atoms with E-state index in [0.717, 1.165) is 33.2 Å². The van der Waals surface area contributed by atoms with E-state index in [9.17, 15) is 0 Å². The summed E-state index contributed by atoms with van der Waals surface area (Å²) in [5, 5.41) is 5.18. The smallest absolute Gasteiger partial charge is 0.231 e. The van der Waals surface area contributed by atoms with Gasteiger partial charge in [0.05, 0.1) is 10.6 Å². The largest absolute Gasteiger partial charge is 0.454 e. The SMILES string of the molecule is C=CCNc1ncc(-c2ccc3c(c2)OCO3)c(-c2cccs2)n1. The highest BCUT2D eigenvalue weighted by Crippen LogP contribution is 2.39. The van der Waals surface area contributed by atoms with Crippen molar-refractivity contribution in [3.8, 4) is 33.2 Å². The lowest BCUT2D eigenvalue weighted by atomic mass is 10.0. The standard InChI is InChI=1S/C18H15N3O2S/c1-2-7-19-18-20-10-13(17(21-18)16-4-3-8-24-16)12-5-6-14-15(9-12)23-11-22-14/h2-6,8-10H,1,7,11H2,(H,19,20,21). The molecule has 5 nitrogen and oxygen atoms in total. The second kappa shape index (κ2) is 6.33. The molecule has 1 aliphatic heterocycles. The molecule has 0 amide bonds. The van der Waals surface area contributed by atoms with Crippen LogP contribution in [-0.4, -0.2) is 23.3 Å². The molecule has 1 N–H and O–H groups in total. The van der Waals surface area contributed by atoms with Gasteiger partial charge in [-0.05, 0) is 29.1 Å². The molecule has 3 aromatic rings. The molecular formula is C18H15N3O2S. The molecule has 0 radical (unpaired) electrons. The van der Waals surface area contributed by atoms with Gasteiger partial charge in [-0.25, -0.2) is 9.97 Å². The van der Waals surface area contributed by atoms with E-state index < -0.39 is 0 Å². The fraction of sp³-hybridized carbons (Fsp3) is 0.111. The summed E-state index contributed by atoms with van der Waals surface area (Å²) in [7, 11) is 0. The molecule has 0 bridgehead atoms. The lowest BCUT2D eigenvalue weighted by Crippen LogP contribution is -2.04. The van der Waals surface area contributed by atoms with Gasteiger partial charge in [0.1, 0.15) is 0 Å². The molecular weight excluding hydrogens is 322 g/mol. The van der Waals surface area contributed by atoms with Gasteiger partial charge in [-0.3, -0.25) is 0 Å². The van der Waals surface area contributed by atoms with Crippen molar-refractivity contribution in [2.75, 3.05) is 18.7 Å². The number of anilines is 1. The third-order valence-electron chi connectivity index (χ3n) is 3.63. The van der Waals surface area contributed by atoms with E-state index in [-0.39, 0.29) is 6.79 Å². The van der Waals surface area contributed by atoms with Crippen LogP contribution in [0.5, 0.6) is 11.5 Å². The second-order valence-corrected chi connectivity index (χ2v) is 6.12. The minimum atomic E-state index is 0.261. The number of thiophene rings is 1.